The molecule has 0 bridgehead atoms. The second-order valence-electron chi connectivity index (χ2n) is 5.76. The lowest BCUT2D eigenvalue weighted by Gasteiger charge is -2.37. The lowest BCUT2D eigenvalue weighted by molar-refractivity contribution is 0.157. The third-order valence-corrected chi connectivity index (χ3v) is 4.49. The summed E-state index contributed by atoms with van der Waals surface area (Å²) >= 11 is 0. The molecule has 0 aromatic heterocycles. The highest BCUT2D eigenvalue weighted by atomic mass is 15.1. The van der Waals surface area contributed by atoms with Gasteiger partial charge in [0.2, 0.25) is 0 Å². The number of hydrogen-bond donors (Lipinski definition) is 1. The van der Waals surface area contributed by atoms with Crippen molar-refractivity contribution in [3.63, 3.8) is 0 Å². The molecule has 3 atom stereocenters. The summed E-state index contributed by atoms with van der Waals surface area (Å²) in [6.45, 7) is 10.5. The average molecular weight is 240 g/mol. The molecule has 0 saturated heterocycles. The van der Waals surface area contributed by atoms with E-state index in [0.29, 0.717) is 6.04 Å². The predicted octanol–water partition coefficient (Wildman–Crippen LogP) is 3.26. The Morgan fingerprint density at radius 2 is 1.94 bits per heavy atom. The van der Waals surface area contributed by atoms with Crippen molar-refractivity contribution in [2.24, 2.45) is 17.6 Å². The fourth-order valence-electron chi connectivity index (χ4n) is 3.06. The molecule has 0 amide bonds. The van der Waals surface area contributed by atoms with Crippen molar-refractivity contribution in [2.45, 2.75) is 65.3 Å². The van der Waals surface area contributed by atoms with Crippen LogP contribution in [-0.2, 0) is 0 Å². The molecule has 0 spiro atoms. The highest BCUT2D eigenvalue weighted by molar-refractivity contribution is 4.84. The van der Waals surface area contributed by atoms with E-state index in [1.807, 2.05) is 0 Å². The Balaban J connectivity index is 2.40. The van der Waals surface area contributed by atoms with E-state index >= 15 is 0 Å². The maximum Gasteiger partial charge on any atom is 0.00795 e. The van der Waals surface area contributed by atoms with Crippen molar-refractivity contribution in [1.29, 1.82) is 0 Å². The van der Waals surface area contributed by atoms with Gasteiger partial charge in [0.05, 0.1) is 0 Å². The standard InChI is InChI=1S/C15H32N2/c1-4-7-10-17(6-3)12-14-11-13(5-2)8-9-15(14)16/h13-15H,4-12,16H2,1-3H3. The second kappa shape index (κ2) is 8.10. The molecular formula is C15H32N2. The lowest BCUT2D eigenvalue weighted by atomic mass is 9.77. The van der Waals surface area contributed by atoms with Crippen LogP contribution in [0.15, 0.2) is 0 Å². The Kier molecular flexibility index (Phi) is 7.14. The molecule has 2 heteroatoms. The van der Waals surface area contributed by atoms with E-state index in [1.54, 1.807) is 0 Å². The number of nitrogens with two attached hydrogens (primary N) is 1. The molecular weight excluding hydrogens is 208 g/mol. The first kappa shape index (κ1) is 15.0. The van der Waals surface area contributed by atoms with Crippen molar-refractivity contribution in [3.05, 3.63) is 0 Å². The van der Waals surface area contributed by atoms with E-state index in [1.165, 1.54) is 58.2 Å². The van der Waals surface area contributed by atoms with Gasteiger partial charge in [-0.15, -0.1) is 0 Å². The fraction of sp³-hybridized carbons (Fsp3) is 1.00. The molecule has 1 rings (SSSR count). The highest BCUT2D eigenvalue weighted by Gasteiger charge is 2.28. The minimum atomic E-state index is 0.452. The number of rotatable bonds is 7. The highest BCUT2D eigenvalue weighted by Crippen LogP contribution is 2.30. The lowest BCUT2D eigenvalue weighted by Crippen LogP contribution is -2.43. The van der Waals surface area contributed by atoms with Gasteiger partial charge < -0.3 is 10.6 Å². The number of hydrogen-bond acceptors (Lipinski definition) is 2. The molecule has 0 aromatic rings. The van der Waals surface area contributed by atoms with Crippen molar-refractivity contribution in [1.82, 2.24) is 4.90 Å². The number of unbranched alkanes of at least 4 members (excludes halogenated alkanes) is 1. The summed E-state index contributed by atoms with van der Waals surface area (Å²) in [4.78, 5) is 2.60. The summed E-state index contributed by atoms with van der Waals surface area (Å²) < 4.78 is 0. The molecule has 1 aliphatic carbocycles. The van der Waals surface area contributed by atoms with Crippen LogP contribution in [0.3, 0.4) is 0 Å². The van der Waals surface area contributed by atoms with Gasteiger partial charge in [0, 0.05) is 12.6 Å². The van der Waals surface area contributed by atoms with Crippen LogP contribution in [0.5, 0.6) is 0 Å². The maximum atomic E-state index is 6.30. The van der Waals surface area contributed by atoms with Gasteiger partial charge >= 0.3 is 0 Å². The zero-order chi connectivity index (χ0) is 12.7. The van der Waals surface area contributed by atoms with E-state index in [0.717, 1.165) is 11.8 Å². The van der Waals surface area contributed by atoms with Gasteiger partial charge in [0.15, 0.2) is 0 Å². The van der Waals surface area contributed by atoms with E-state index < -0.39 is 0 Å². The Morgan fingerprint density at radius 1 is 1.18 bits per heavy atom. The zero-order valence-corrected chi connectivity index (χ0v) is 12.1. The van der Waals surface area contributed by atoms with Crippen LogP contribution in [-0.4, -0.2) is 30.6 Å². The molecule has 0 aromatic carbocycles. The largest absolute Gasteiger partial charge is 0.327 e. The summed E-state index contributed by atoms with van der Waals surface area (Å²) in [6, 6.07) is 0.452. The van der Waals surface area contributed by atoms with Crippen LogP contribution in [0.1, 0.15) is 59.3 Å². The van der Waals surface area contributed by atoms with Crippen molar-refractivity contribution < 1.29 is 0 Å². The quantitative estimate of drug-likeness (QED) is 0.740. The summed E-state index contributed by atoms with van der Waals surface area (Å²) in [5, 5.41) is 0. The van der Waals surface area contributed by atoms with Gasteiger partial charge in [0.1, 0.15) is 0 Å². The maximum absolute atomic E-state index is 6.30. The molecule has 1 saturated carbocycles. The topological polar surface area (TPSA) is 29.3 Å². The van der Waals surface area contributed by atoms with Gasteiger partial charge in [-0.2, -0.15) is 0 Å². The third-order valence-electron chi connectivity index (χ3n) is 4.49. The zero-order valence-electron chi connectivity index (χ0n) is 12.1. The van der Waals surface area contributed by atoms with E-state index in [9.17, 15) is 0 Å². The van der Waals surface area contributed by atoms with E-state index in [4.69, 9.17) is 5.73 Å². The van der Waals surface area contributed by atoms with Crippen LogP contribution >= 0.6 is 0 Å². The van der Waals surface area contributed by atoms with E-state index in [2.05, 4.69) is 25.7 Å². The van der Waals surface area contributed by atoms with Crippen LogP contribution in [0.2, 0.25) is 0 Å². The fourth-order valence-corrected chi connectivity index (χ4v) is 3.06. The molecule has 2 nitrogen and oxygen atoms in total. The van der Waals surface area contributed by atoms with Gasteiger partial charge in [-0.05, 0) is 50.6 Å². The molecule has 2 N–H and O–H groups in total. The van der Waals surface area contributed by atoms with Crippen LogP contribution in [0, 0.1) is 11.8 Å². The summed E-state index contributed by atoms with van der Waals surface area (Å²) in [6.07, 6.45) is 7.92. The van der Waals surface area contributed by atoms with Gasteiger partial charge in [0.25, 0.3) is 0 Å². The Labute approximate surface area is 108 Å². The number of nitrogens with zero attached hydrogens (tertiary/aromatic N) is 1. The first-order valence-electron chi connectivity index (χ1n) is 7.69. The molecule has 1 aliphatic rings. The minimum Gasteiger partial charge on any atom is -0.327 e. The Morgan fingerprint density at radius 3 is 2.53 bits per heavy atom. The molecule has 0 radical (unpaired) electrons. The second-order valence-corrected chi connectivity index (χ2v) is 5.76. The normalized spacial score (nSPS) is 29.8. The summed E-state index contributed by atoms with van der Waals surface area (Å²) in [5.41, 5.74) is 6.30. The molecule has 102 valence electrons. The summed E-state index contributed by atoms with van der Waals surface area (Å²) in [7, 11) is 0. The Bertz CT molecular complexity index is 193. The van der Waals surface area contributed by atoms with E-state index in [-0.39, 0.29) is 0 Å². The van der Waals surface area contributed by atoms with Gasteiger partial charge in [-0.25, -0.2) is 0 Å². The molecule has 17 heavy (non-hydrogen) atoms. The SMILES string of the molecule is CCCCN(CC)CC1CC(CC)CCC1N. The molecule has 3 unspecified atom stereocenters. The Hall–Kier alpha value is -0.0800. The average Bonchev–Trinajstić information content (AvgIpc) is 2.36. The predicted molar refractivity (Wildman–Crippen MR) is 76.1 cm³/mol. The molecule has 0 aliphatic heterocycles. The minimum absolute atomic E-state index is 0.452. The molecule has 1 fully saturated rings. The smallest absolute Gasteiger partial charge is 0.00795 e. The third kappa shape index (κ3) is 4.97. The monoisotopic (exact) mass is 240 g/mol. The van der Waals surface area contributed by atoms with Gasteiger partial charge in [-0.1, -0.05) is 33.6 Å². The van der Waals surface area contributed by atoms with Crippen LogP contribution in [0.4, 0.5) is 0 Å². The van der Waals surface area contributed by atoms with Gasteiger partial charge in [-0.3, -0.25) is 0 Å². The van der Waals surface area contributed by atoms with Crippen molar-refractivity contribution >= 4 is 0 Å². The first-order valence-corrected chi connectivity index (χ1v) is 7.69. The first-order chi connectivity index (χ1) is 8.21. The molecule has 0 heterocycles. The van der Waals surface area contributed by atoms with Crippen molar-refractivity contribution in [3.8, 4) is 0 Å². The summed E-state index contributed by atoms with van der Waals surface area (Å²) in [5.74, 6) is 1.68. The van der Waals surface area contributed by atoms with Crippen LogP contribution in [0.25, 0.3) is 0 Å². The van der Waals surface area contributed by atoms with Crippen LogP contribution < -0.4 is 5.73 Å². The van der Waals surface area contributed by atoms with Crippen molar-refractivity contribution in [2.75, 3.05) is 19.6 Å².